The normalized spacial score (nSPS) is 28.0. The summed E-state index contributed by atoms with van der Waals surface area (Å²) in [6, 6.07) is 14.7. The first-order valence-corrected chi connectivity index (χ1v) is 24.1. The lowest BCUT2D eigenvalue weighted by molar-refractivity contribution is -0.140. The van der Waals surface area contributed by atoms with Gasteiger partial charge in [0.15, 0.2) is 23.0 Å². The van der Waals surface area contributed by atoms with Crippen molar-refractivity contribution in [2.75, 3.05) is 14.2 Å². The van der Waals surface area contributed by atoms with E-state index in [0.717, 1.165) is 103 Å². The average molecular weight is 998 g/mol. The van der Waals surface area contributed by atoms with Crippen molar-refractivity contribution >= 4 is 52.2 Å². The van der Waals surface area contributed by atoms with Crippen molar-refractivity contribution in [2.45, 2.75) is 127 Å². The first kappa shape index (κ1) is 49.3. The van der Waals surface area contributed by atoms with Crippen molar-refractivity contribution in [1.82, 2.24) is 19.8 Å². The predicted molar refractivity (Wildman–Crippen MR) is 259 cm³/mol. The van der Waals surface area contributed by atoms with Gasteiger partial charge < -0.3 is 31.0 Å². The van der Waals surface area contributed by atoms with Gasteiger partial charge in [-0.05, 0) is 150 Å². The second-order valence-corrected chi connectivity index (χ2v) is 20.5. The quantitative estimate of drug-likeness (QED) is 0.166. The maximum Gasteiger partial charge on any atom is 0.490 e. The molecule has 10 rings (SSSR count). The number of fused-ring (bicyclic) bond motifs is 6. The van der Waals surface area contributed by atoms with Gasteiger partial charge in [0.25, 0.3) is 11.8 Å². The van der Waals surface area contributed by atoms with Crippen LogP contribution in [0.15, 0.2) is 87.8 Å². The smallest absolute Gasteiger partial charge is 0.423 e. The van der Waals surface area contributed by atoms with Gasteiger partial charge in [-0.25, -0.2) is 18.8 Å². The van der Waals surface area contributed by atoms with Crippen LogP contribution < -0.4 is 16.9 Å². The number of aromatic nitrogens is 2. The van der Waals surface area contributed by atoms with Crippen LogP contribution >= 0.6 is 15.9 Å². The van der Waals surface area contributed by atoms with Crippen molar-refractivity contribution in [2.24, 2.45) is 32.3 Å². The summed E-state index contributed by atoms with van der Waals surface area (Å²) >= 11 is 3.58. The number of rotatable bonds is 6. The zero-order valence-electron chi connectivity index (χ0n) is 39.4. The molecule has 4 aromatic rings. The van der Waals surface area contributed by atoms with E-state index in [1.807, 2.05) is 39.8 Å². The molecule has 4 spiro atoms. The zero-order valence-corrected chi connectivity index (χ0v) is 41.0. The molecule has 0 radical (unpaired) electrons. The minimum Gasteiger partial charge on any atom is -0.423 e. The molecule has 14 nitrogen and oxygen atoms in total. The van der Waals surface area contributed by atoms with Crippen LogP contribution in [-0.2, 0) is 43.0 Å². The van der Waals surface area contributed by atoms with Crippen LogP contribution in [0.2, 0.25) is 0 Å². The number of halogens is 3. The first-order chi connectivity index (χ1) is 32.4. The molecule has 0 bridgehead atoms. The zero-order chi connectivity index (χ0) is 48.9. The van der Waals surface area contributed by atoms with Crippen LogP contribution in [0.5, 0.6) is 0 Å². The highest BCUT2D eigenvalue weighted by atomic mass is 79.9. The molecular formula is C50H60BBrF2N8O6. The monoisotopic (exact) mass is 996 g/mol. The topological polar surface area (TPSA) is 202 Å². The third kappa shape index (κ3) is 8.22. The summed E-state index contributed by atoms with van der Waals surface area (Å²) in [4.78, 5) is 48.5. The Hall–Kier alpha value is -5.14. The molecule has 2 amide bonds. The van der Waals surface area contributed by atoms with E-state index in [9.17, 15) is 18.4 Å². The van der Waals surface area contributed by atoms with E-state index in [0.29, 0.717) is 11.5 Å². The van der Waals surface area contributed by atoms with Crippen LogP contribution in [0.25, 0.3) is 11.1 Å². The van der Waals surface area contributed by atoms with E-state index in [4.69, 9.17) is 41.0 Å². The Balaban J connectivity index is 0.000000155. The number of pyridine rings is 2. The van der Waals surface area contributed by atoms with Crippen LogP contribution in [0.3, 0.4) is 0 Å². The number of carbonyl (C=O) groups excluding carboxylic acids is 2. The fourth-order valence-corrected chi connectivity index (χ4v) is 12.3. The number of aliphatic imine (C=N–C) groups is 2. The molecule has 6 N–H and O–H groups in total. The standard InChI is InChI=1S/C25H29FN4O2.C20H26BrN3O2.C5H5BFNO2/c1-15(2)30-22(31)25(29-23(30)27)21-11-16(18-10-19(26)14-28-13-18)4-5-17(21)12-24(25)8-6-20(32-3)7-9-24;1-12(2)24-17(25)20(23-18(24)22)16-10-14(21)5-4-13(16)11-19(20)8-6-15(26-3)7-9-19;7-5-1-4(6(9)10)2-8-3-5/h4-5,10-11,13-15,20H,6-9,12H2,1-3H3,(H2,27,29);4-5,10,12,15H,6-9,11H2,1-3H3,(H2,22,23);1-3,9-10H. The van der Waals surface area contributed by atoms with E-state index >= 15 is 0 Å². The lowest BCUT2D eigenvalue weighted by Gasteiger charge is -2.45. The maximum atomic E-state index is 14.1. The van der Waals surface area contributed by atoms with Crippen molar-refractivity contribution in [3.63, 3.8) is 0 Å². The Bertz CT molecular complexity index is 2640. The molecule has 68 heavy (non-hydrogen) atoms. The number of nitrogens with zero attached hydrogens (tertiary/aromatic N) is 6. The van der Waals surface area contributed by atoms with E-state index in [2.05, 4.69) is 50.2 Å². The summed E-state index contributed by atoms with van der Waals surface area (Å²) in [6.45, 7) is 7.89. The van der Waals surface area contributed by atoms with Gasteiger partial charge >= 0.3 is 7.12 Å². The average Bonchev–Trinajstić information content (AvgIpc) is 3.94. The van der Waals surface area contributed by atoms with Crippen molar-refractivity contribution < 1.29 is 37.9 Å². The summed E-state index contributed by atoms with van der Waals surface area (Å²) in [5, 5.41) is 17.0. The largest absolute Gasteiger partial charge is 0.490 e. The fourth-order valence-electron chi connectivity index (χ4n) is 12.0. The second-order valence-electron chi connectivity index (χ2n) is 19.6. The van der Waals surface area contributed by atoms with Gasteiger partial charge in [-0.1, -0.05) is 34.1 Å². The summed E-state index contributed by atoms with van der Waals surface area (Å²) in [5.74, 6) is -0.343. The number of hydrogen-bond acceptors (Lipinski definition) is 12. The number of amides is 2. The molecule has 4 aliphatic carbocycles. The van der Waals surface area contributed by atoms with Gasteiger partial charge in [-0.3, -0.25) is 29.4 Å². The third-order valence-corrected chi connectivity index (χ3v) is 15.7. The Labute approximate surface area is 404 Å². The highest BCUT2D eigenvalue weighted by molar-refractivity contribution is 9.10. The molecule has 2 aromatic heterocycles. The number of benzene rings is 2. The lowest BCUT2D eigenvalue weighted by Crippen LogP contribution is -2.53. The Morgan fingerprint density at radius 3 is 1.54 bits per heavy atom. The van der Waals surface area contributed by atoms with Gasteiger partial charge in [0.1, 0.15) is 11.6 Å². The molecule has 2 aromatic carbocycles. The SMILES string of the molecule is COC1CCC2(CC1)Cc1ccc(-c3cncc(F)c3)cc1C21N=C(N)N(C(C)C)C1=O.COC1CCC2(CC1)Cc1ccc(Br)cc1C21N=C(N)N(C(C)C)C1=O.OB(O)c1cncc(F)c1. The number of methoxy groups -OCH3 is 2. The number of hydrogen-bond donors (Lipinski definition) is 4. The molecule has 0 saturated heterocycles. The molecule has 2 unspecified atom stereocenters. The van der Waals surface area contributed by atoms with Gasteiger partial charge in [0.2, 0.25) is 0 Å². The molecule has 2 saturated carbocycles. The van der Waals surface area contributed by atoms with Crippen molar-refractivity contribution in [3.8, 4) is 11.1 Å². The van der Waals surface area contributed by atoms with E-state index < -0.39 is 29.8 Å². The van der Waals surface area contributed by atoms with E-state index in [1.54, 1.807) is 30.2 Å². The van der Waals surface area contributed by atoms with Gasteiger partial charge in [0, 0.05) is 65.0 Å². The third-order valence-electron chi connectivity index (χ3n) is 15.2. The molecule has 2 fully saturated rings. The Morgan fingerprint density at radius 1 is 0.676 bits per heavy atom. The Kier molecular flexibility index (Phi) is 13.8. The number of carbonyl (C=O) groups is 2. The van der Waals surface area contributed by atoms with Crippen LogP contribution in [0.4, 0.5) is 8.78 Å². The number of guanidine groups is 2. The molecule has 2 atom stereocenters. The van der Waals surface area contributed by atoms with Crippen LogP contribution in [0, 0.1) is 22.5 Å². The predicted octanol–water partition coefficient (Wildman–Crippen LogP) is 6.02. The van der Waals surface area contributed by atoms with Crippen molar-refractivity contribution in [1.29, 1.82) is 0 Å². The van der Waals surface area contributed by atoms with Gasteiger partial charge in [0.05, 0.1) is 24.6 Å². The number of nitrogens with two attached hydrogens (primary N) is 2. The Morgan fingerprint density at radius 2 is 1.13 bits per heavy atom. The van der Waals surface area contributed by atoms with E-state index in [-0.39, 0.29) is 58.4 Å². The summed E-state index contributed by atoms with van der Waals surface area (Å²) in [5.41, 5.74) is 16.0. The van der Waals surface area contributed by atoms with Crippen LogP contribution in [-0.4, -0.2) is 99.2 Å². The number of ether oxygens (including phenoxy) is 2. The lowest BCUT2D eigenvalue weighted by atomic mass is 9.61. The maximum absolute atomic E-state index is 14.1. The van der Waals surface area contributed by atoms with Crippen LogP contribution in [0.1, 0.15) is 101 Å². The van der Waals surface area contributed by atoms with Gasteiger partial charge in [-0.15, -0.1) is 0 Å². The molecule has 4 heterocycles. The summed E-state index contributed by atoms with van der Waals surface area (Å²) in [6.07, 6.45) is 14.3. The molecule has 18 heteroatoms. The second kappa shape index (κ2) is 19.0. The van der Waals surface area contributed by atoms with Crippen molar-refractivity contribution in [3.05, 3.63) is 112 Å². The summed E-state index contributed by atoms with van der Waals surface area (Å²) < 4.78 is 38.3. The van der Waals surface area contributed by atoms with E-state index in [1.165, 1.54) is 24.0 Å². The highest BCUT2D eigenvalue weighted by Crippen LogP contribution is 2.64. The first-order valence-electron chi connectivity index (χ1n) is 23.3. The molecule has 2 aliphatic heterocycles. The fraction of sp³-hybridized carbons (Fsp3) is 0.480. The highest BCUT2D eigenvalue weighted by Gasteiger charge is 2.68. The molecule has 6 aliphatic rings. The molecule has 360 valence electrons. The summed E-state index contributed by atoms with van der Waals surface area (Å²) in [7, 11) is 1.87. The van der Waals surface area contributed by atoms with Gasteiger partial charge in [-0.2, -0.15) is 0 Å². The minimum absolute atomic E-state index is 0.00538. The molecular weight excluding hydrogens is 937 g/mol. The minimum atomic E-state index is -1.65.